The fourth-order valence-corrected chi connectivity index (χ4v) is 0.813. The summed E-state index contributed by atoms with van der Waals surface area (Å²) in [7, 11) is -3.76. The Labute approximate surface area is 81.8 Å². The minimum atomic E-state index is -3.76. The van der Waals surface area contributed by atoms with E-state index in [1.807, 2.05) is 0 Å². The van der Waals surface area contributed by atoms with Gasteiger partial charge in [-0.25, -0.2) is 22.0 Å². The van der Waals surface area contributed by atoms with Gasteiger partial charge in [-0.05, 0) is 0 Å². The second kappa shape index (κ2) is 4.59. The fourth-order valence-electron chi connectivity index (χ4n) is 0.813. The predicted octanol–water partition coefficient (Wildman–Crippen LogP) is 0.832. The standard InChI is InChI=1S/C6BF7.BH3/c8-2-1(7(13)14)3(9)5(11)6(12)4(2)10;/h;1H3. The van der Waals surface area contributed by atoms with Gasteiger partial charge < -0.3 is 0 Å². The molecule has 1 rings (SSSR count). The van der Waals surface area contributed by atoms with Crippen LogP contribution in [0.3, 0.4) is 0 Å². The minimum absolute atomic E-state index is 0. The molecule has 0 nitrogen and oxygen atoms in total. The molecule has 0 fully saturated rings. The number of rotatable bonds is 1. The quantitative estimate of drug-likeness (QED) is 0.290. The largest absolute Gasteiger partial charge is 0.578 e. The molecule has 1 aromatic rings. The SMILES string of the molecule is B.FB(F)c1c(F)c(F)c(F)c(F)c1F. The summed E-state index contributed by atoms with van der Waals surface area (Å²) >= 11 is 0. The maximum Gasteiger partial charge on any atom is 0.578 e. The van der Waals surface area contributed by atoms with Crippen LogP contribution >= 0.6 is 0 Å². The molecule has 0 heterocycles. The summed E-state index contributed by atoms with van der Waals surface area (Å²) in [5.41, 5.74) is -2.11. The summed E-state index contributed by atoms with van der Waals surface area (Å²) in [5.74, 6) is -12.2. The lowest BCUT2D eigenvalue weighted by Crippen LogP contribution is -2.31. The maximum atomic E-state index is 12.5. The third-order valence-corrected chi connectivity index (χ3v) is 1.46. The Hall–Kier alpha value is -1.14. The van der Waals surface area contributed by atoms with E-state index in [9.17, 15) is 30.6 Å². The van der Waals surface area contributed by atoms with E-state index in [1.165, 1.54) is 0 Å². The zero-order valence-corrected chi connectivity index (χ0v) is 6.22. The van der Waals surface area contributed by atoms with Gasteiger partial charge in [0.2, 0.25) is 0 Å². The molecule has 0 N–H and O–H groups in total. The highest BCUT2D eigenvalue weighted by molar-refractivity contribution is 6.60. The van der Waals surface area contributed by atoms with E-state index < -0.39 is 41.8 Å². The van der Waals surface area contributed by atoms with Crippen LogP contribution in [0.25, 0.3) is 0 Å². The van der Waals surface area contributed by atoms with E-state index in [1.54, 1.807) is 0 Å². The topological polar surface area (TPSA) is 0 Å². The first kappa shape index (κ1) is 13.9. The third-order valence-electron chi connectivity index (χ3n) is 1.46. The van der Waals surface area contributed by atoms with Gasteiger partial charge in [0.1, 0.15) is 0 Å². The lowest BCUT2D eigenvalue weighted by Gasteiger charge is -2.04. The molecule has 0 saturated heterocycles. The maximum absolute atomic E-state index is 12.5. The summed E-state index contributed by atoms with van der Waals surface area (Å²) in [4.78, 5) is 0. The Balaban J connectivity index is 0.00000196. The Morgan fingerprint density at radius 2 is 0.867 bits per heavy atom. The smallest absolute Gasteiger partial charge is 0.281 e. The van der Waals surface area contributed by atoms with Gasteiger partial charge in [0, 0.05) is 0 Å². The van der Waals surface area contributed by atoms with Crippen LogP contribution in [-0.4, -0.2) is 15.7 Å². The van der Waals surface area contributed by atoms with Crippen molar-refractivity contribution in [3.63, 3.8) is 0 Å². The van der Waals surface area contributed by atoms with Crippen molar-refractivity contribution in [2.24, 2.45) is 0 Å². The summed E-state index contributed by atoms with van der Waals surface area (Å²) in [5, 5.41) is 0. The van der Waals surface area contributed by atoms with Crippen molar-refractivity contribution >= 4 is 21.1 Å². The highest BCUT2D eigenvalue weighted by atomic mass is 19.2. The van der Waals surface area contributed by atoms with Crippen molar-refractivity contribution < 1.29 is 30.6 Å². The van der Waals surface area contributed by atoms with Crippen LogP contribution in [-0.2, 0) is 0 Å². The molecule has 0 aliphatic heterocycles. The van der Waals surface area contributed by atoms with Gasteiger partial charge in [0.15, 0.2) is 29.1 Å². The molecular formula is C6H3B2F7. The Kier molecular flexibility index (Phi) is 4.24. The average Bonchev–Trinajstić information content (AvgIpc) is 2.11. The average molecular weight is 230 g/mol. The summed E-state index contributed by atoms with van der Waals surface area (Å²) < 4.78 is 85.4. The van der Waals surface area contributed by atoms with Crippen LogP contribution in [0.1, 0.15) is 0 Å². The van der Waals surface area contributed by atoms with Crippen LogP contribution in [0.2, 0.25) is 0 Å². The third kappa shape index (κ3) is 2.10. The van der Waals surface area contributed by atoms with E-state index in [-0.39, 0.29) is 8.41 Å². The monoisotopic (exact) mass is 230 g/mol. The molecule has 0 saturated carbocycles. The Morgan fingerprint density at radius 1 is 0.600 bits per heavy atom. The van der Waals surface area contributed by atoms with Gasteiger partial charge in [0.25, 0.3) is 0 Å². The van der Waals surface area contributed by atoms with Crippen molar-refractivity contribution in [3.8, 4) is 0 Å². The molecule has 1 aromatic carbocycles. The van der Waals surface area contributed by atoms with Gasteiger partial charge in [-0.15, -0.1) is 0 Å². The van der Waals surface area contributed by atoms with Crippen molar-refractivity contribution in [2.75, 3.05) is 0 Å². The van der Waals surface area contributed by atoms with Crippen molar-refractivity contribution in [2.45, 2.75) is 0 Å². The normalized spacial score (nSPS) is 9.80. The first-order chi connectivity index (χ1) is 6.37. The molecule has 0 radical (unpaired) electrons. The fraction of sp³-hybridized carbons (Fsp3) is 0. The molecule has 82 valence electrons. The molecule has 0 bridgehead atoms. The van der Waals surface area contributed by atoms with Crippen LogP contribution < -0.4 is 5.46 Å². The van der Waals surface area contributed by atoms with E-state index in [4.69, 9.17) is 0 Å². The number of benzene rings is 1. The molecular weight excluding hydrogens is 227 g/mol. The Morgan fingerprint density at radius 3 is 1.13 bits per heavy atom. The van der Waals surface area contributed by atoms with Gasteiger partial charge in [0.05, 0.1) is 13.9 Å². The second-order valence-electron chi connectivity index (χ2n) is 2.28. The highest BCUT2D eigenvalue weighted by Gasteiger charge is 2.33. The van der Waals surface area contributed by atoms with Crippen LogP contribution in [0.15, 0.2) is 0 Å². The predicted molar refractivity (Wildman–Crippen MR) is 43.8 cm³/mol. The molecule has 0 aromatic heterocycles. The zero-order valence-electron chi connectivity index (χ0n) is 6.22. The van der Waals surface area contributed by atoms with Gasteiger partial charge >= 0.3 is 7.27 Å². The first-order valence-electron chi connectivity index (χ1n) is 3.17. The van der Waals surface area contributed by atoms with E-state index in [0.717, 1.165) is 0 Å². The molecule has 0 aliphatic carbocycles. The molecule has 0 amide bonds. The Bertz CT molecular complexity index is 349. The lowest BCUT2D eigenvalue weighted by atomic mass is 9.84. The zero-order chi connectivity index (χ0) is 11.0. The molecule has 0 spiro atoms. The molecule has 9 heteroatoms. The molecule has 0 atom stereocenters. The summed E-state index contributed by atoms with van der Waals surface area (Å²) in [6.45, 7) is 0. The second-order valence-corrected chi connectivity index (χ2v) is 2.28. The van der Waals surface area contributed by atoms with E-state index >= 15 is 0 Å². The van der Waals surface area contributed by atoms with Gasteiger partial charge in [-0.1, -0.05) is 0 Å². The first-order valence-corrected chi connectivity index (χ1v) is 3.17. The van der Waals surface area contributed by atoms with Crippen LogP contribution in [0.5, 0.6) is 0 Å². The van der Waals surface area contributed by atoms with E-state index in [0.29, 0.717) is 0 Å². The van der Waals surface area contributed by atoms with Gasteiger partial charge in [-0.3, -0.25) is 8.63 Å². The van der Waals surface area contributed by atoms with Crippen molar-refractivity contribution in [1.82, 2.24) is 0 Å². The number of hydrogen-bond donors (Lipinski definition) is 0. The van der Waals surface area contributed by atoms with Crippen molar-refractivity contribution in [1.29, 1.82) is 0 Å². The van der Waals surface area contributed by atoms with Gasteiger partial charge in [-0.2, -0.15) is 0 Å². The highest BCUT2D eigenvalue weighted by Crippen LogP contribution is 2.17. The van der Waals surface area contributed by atoms with Crippen LogP contribution in [0, 0.1) is 29.1 Å². The lowest BCUT2D eigenvalue weighted by molar-refractivity contribution is 0.382. The summed E-state index contributed by atoms with van der Waals surface area (Å²) in [6, 6.07) is 0. The number of halogens is 7. The molecule has 0 unspecified atom stereocenters. The molecule has 15 heavy (non-hydrogen) atoms. The minimum Gasteiger partial charge on any atom is -0.281 e. The summed E-state index contributed by atoms with van der Waals surface area (Å²) in [6.07, 6.45) is 0. The van der Waals surface area contributed by atoms with Crippen LogP contribution in [0.4, 0.5) is 30.6 Å². The van der Waals surface area contributed by atoms with Crippen molar-refractivity contribution in [3.05, 3.63) is 29.1 Å². The molecule has 0 aliphatic rings. The van der Waals surface area contributed by atoms with E-state index in [2.05, 4.69) is 0 Å². The number of hydrogen-bond acceptors (Lipinski definition) is 0.